The van der Waals surface area contributed by atoms with Crippen LogP contribution in [0, 0.1) is 22.0 Å². The third-order valence-corrected chi connectivity index (χ3v) is 5.64. The maximum Gasteiger partial charge on any atom is 0.379 e. The molecule has 8 heteroatoms. The second-order valence-corrected chi connectivity index (χ2v) is 8.02. The van der Waals surface area contributed by atoms with Gasteiger partial charge >= 0.3 is 5.82 Å². The predicted molar refractivity (Wildman–Crippen MR) is 133 cm³/mol. The summed E-state index contributed by atoms with van der Waals surface area (Å²) in [4.78, 5) is 19.1. The Hall–Kier alpha value is -4.35. The van der Waals surface area contributed by atoms with Gasteiger partial charge in [-0.1, -0.05) is 30.2 Å². The van der Waals surface area contributed by atoms with Gasteiger partial charge in [0, 0.05) is 19.6 Å². The average molecular weight is 471 g/mol. The van der Waals surface area contributed by atoms with Gasteiger partial charge in [0.25, 0.3) is 0 Å². The van der Waals surface area contributed by atoms with Crippen LogP contribution in [0.15, 0.2) is 78.6 Å². The van der Waals surface area contributed by atoms with Crippen LogP contribution in [0.5, 0.6) is 11.5 Å². The predicted octanol–water partition coefficient (Wildman–Crippen LogP) is 4.22. The lowest BCUT2D eigenvalue weighted by molar-refractivity contribution is -0.389. The summed E-state index contributed by atoms with van der Waals surface area (Å²) in [6.07, 6.45) is 3.46. The highest BCUT2D eigenvalue weighted by Gasteiger charge is 2.19. The maximum atomic E-state index is 11.3. The van der Waals surface area contributed by atoms with E-state index in [9.17, 15) is 10.1 Å². The first-order valence-corrected chi connectivity index (χ1v) is 11.1. The van der Waals surface area contributed by atoms with Crippen LogP contribution in [0.3, 0.4) is 0 Å². The van der Waals surface area contributed by atoms with E-state index in [0.717, 1.165) is 29.3 Å². The van der Waals surface area contributed by atoms with Gasteiger partial charge in [-0.25, -0.2) is 0 Å². The monoisotopic (exact) mass is 470 g/mol. The fourth-order valence-corrected chi connectivity index (χ4v) is 3.81. The smallest absolute Gasteiger partial charge is 0.379 e. The molecule has 35 heavy (non-hydrogen) atoms. The molecule has 0 aliphatic carbocycles. The Morgan fingerprint density at radius 3 is 2.17 bits per heavy atom. The molecule has 0 radical (unpaired) electrons. The molecule has 0 fully saturated rings. The summed E-state index contributed by atoms with van der Waals surface area (Å²) in [6, 6.07) is 19.2. The minimum atomic E-state index is -0.509. The van der Waals surface area contributed by atoms with Crippen LogP contribution < -0.4 is 9.47 Å². The molecule has 8 nitrogen and oxygen atoms in total. The van der Waals surface area contributed by atoms with Crippen LogP contribution >= 0.6 is 0 Å². The third-order valence-electron chi connectivity index (χ3n) is 5.64. The van der Waals surface area contributed by atoms with E-state index >= 15 is 0 Å². The molecule has 1 aliphatic heterocycles. The number of aromatic nitrogens is 1. The molecule has 3 aromatic rings. The van der Waals surface area contributed by atoms with Crippen LogP contribution in [-0.2, 0) is 13.1 Å². The van der Waals surface area contributed by atoms with Gasteiger partial charge in [-0.15, -0.1) is 0 Å². The zero-order chi connectivity index (χ0) is 24.6. The number of nitrogens with zero attached hydrogens (tertiary/aromatic N) is 4. The van der Waals surface area contributed by atoms with Gasteiger partial charge in [-0.2, -0.15) is 0 Å². The summed E-state index contributed by atoms with van der Waals surface area (Å²) in [6.45, 7) is 2.78. The molecule has 2 heterocycles. The van der Waals surface area contributed by atoms with Gasteiger partial charge in [0.2, 0.25) is 0 Å². The Balaban J connectivity index is 1.58. The molecule has 0 spiro atoms. The van der Waals surface area contributed by atoms with Crippen molar-refractivity contribution in [1.82, 2.24) is 14.8 Å². The van der Waals surface area contributed by atoms with E-state index in [1.165, 1.54) is 11.8 Å². The van der Waals surface area contributed by atoms with Crippen molar-refractivity contribution in [2.24, 2.45) is 0 Å². The standard InChI is InChI=1S/C27H26N4O4/c1-34-25-11-5-21(6-12-25)18-29-17-15-24(10-9-23-4-3-16-28-27(23)31(32)33)30(20-29)19-22-7-13-26(35-2)14-8-22/h3-8,11-16H,17-20H2,1-2H3. The normalized spacial score (nSPS) is 13.4. The number of allylic oxidation sites excluding steroid dienone is 1. The van der Waals surface area contributed by atoms with Crippen LogP contribution in [0.4, 0.5) is 5.82 Å². The Labute approximate surface area is 204 Å². The van der Waals surface area contributed by atoms with E-state index in [0.29, 0.717) is 25.3 Å². The quantitative estimate of drug-likeness (QED) is 0.291. The van der Waals surface area contributed by atoms with Gasteiger partial charge < -0.3 is 24.5 Å². The van der Waals surface area contributed by atoms with Gasteiger partial charge in [0.05, 0.1) is 26.6 Å². The number of hydrogen-bond donors (Lipinski definition) is 0. The van der Waals surface area contributed by atoms with Crippen molar-refractivity contribution in [2.45, 2.75) is 13.1 Å². The molecule has 1 aromatic heterocycles. The molecule has 0 N–H and O–H groups in total. The largest absolute Gasteiger partial charge is 0.497 e. The minimum Gasteiger partial charge on any atom is -0.497 e. The lowest BCUT2D eigenvalue weighted by atomic mass is 10.1. The zero-order valence-corrected chi connectivity index (χ0v) is 19.7. The van der Waals surface area contributed by atoms with Crippen LogP contribution in [0.1, 0.15) is 16.7 Å². The number of nitro groups is 1. The topological polar surface area (TPSA) is 81.0 Å². The molecule has 0 saturated heterocycles. The summed E-state index contributed by atoms with van der Waals surface area (Å²) in [5, 5.41) is 11.3. The molecule has 0 unspecified atom stereocenters. The van der Waals surface area contributed by atoms with Crippen LogP contribution in [0.25, 0.3) is 0 Å². The van der Waals surface area contributed by atoms with Gasteiger partial charge in [0.1, 0.15) is 23.3 Å². The number of benzene rings is 2. The van der Waals surface area contributed by atoms with Gasteiger partial charge in [0.15, 0.2) is 0 Å². The molecule has 178 valence electrons. The van der Waals surface area contributed by atoms with E-state index in [4.69, 9.17) is 9.47 Å². The molecule has 0 saturated carbocycles. The minimum absolute atomic E-state index is 0.237. The fraction of sp³-hybridized carbons (Fsp3) is 0.222. The Morgan fingerprint density at radius 2 is 1.57 bits per heavy atom. The van der Waals surface area contributed by atoms with Crippen LogP contribution in [-0.4, -0.2) is 47.1 Å². The molecule has 0 bridgehead atoms. The number of rotatable bonds is 7. The number of ether oxygens (including phenoxy) is 2. The molecule has 0 atom stereocenters. The first-order chi connectivity index (χ1) is 17.1. The summed E-state index contributed by atoms with van der Waals surface area (Å²) in [7, 11) is 3.30. The van der Waals surface area contributed by atoms with Crippen molar-refractivity contribution in [3.05, 3.63) is 105 Å². The average Bonchev–Trinajstić information content (AvgIpc) is 2.89. The van der Waals surface area contributed by atoms with Crippen molar-refractivity contribution < 1.29 is 14.4 Å². The SMILES string of the molecule is COc1ccc(CN2CC=C(C#Cc3cccnc3[N+](=O)[O-])N(Cc3ccc(OC)cc3)C2)cc1. The fourth-order valence-electron chi connectivity index (χ4n) is 3.81. The Kier molecular flexibility index (Phi) is 7.60. The molecular formula is C27H26N4O4. The second kappa shape index (κ2) is 11.2. The van der Waals surface area contributed by atoms with Crippen molar-refractivity contribution >= 4 is 5.82 Å². The third kappa shape index (κ3) is 6.16. The van der Waals surface area contributed by atoms with E-state index in [1.807, 2.05) is 36.4 Å². The molecule has 2 aromatic carbocycles. The lowest BCUT2D eigenvalue weighted by Gasteiger charge is -2.35. The van der Waals surface area contributed by atoms with Gasteiger partial charge in [-0.05, 0) is 69.4 Å². The Bertz CT molecular complexity index is 1260. The lowest BCUT2D eigenvalue weighted by Crippen LogP contribution is -2.40. The van der Waals surface area contributed by atoms with Crippen molar-refractivity contribution in [3.8, 4) is 23.3 Å². The molecule has 0 amide bonds. The first-order valence-electron chi connectivity index (χ1n) is 11.1. The van der Waals surface area contributed by atoms with E-state index in [2.05, 4.69) is 44.8 Å². The summed E-state index contributed by atoms with van der Waals surface area (Å²) >= 11 is 0. The van der Waals surface area contributed by atoms with E-state index in [1.54, 1.807) is 26.4 Å². The second-order valence-electron chi connectivity index (χ2n) is 8.02. The highest BCUT2D eigenvalue weighted by atomic mass is 16.6. The Morgan fingerprint density at radius 1 is 0.943 bits per heavy atom. The highest BCUT2D eigenvalue weighted by molar-refractivity contribution is 5.49. The van der Waals surface area contributed by atoms with Crippen molar-refractivity contribution in [2.75, 3.05) is 27.4 Å². The van der Waals surface area contributed by atoms with E-state index in [-0.39, 0.29) is 5.82 Å². The summed E-state index contributed by atoms with van der Waals surface area (Å²) in [5.41, 5.74) is 3.41. The maximum absolute atomic E-state index is 11.3. The number of pyridine rings is 1. The number of methoxy groups -OCH3 is 2. The first kappa shape index (κ1) is 23.8. The van der Waals surface area contributed by atoms with Crippen LogP contribution in [0.2, 0.25) is 0 Å². The van der Waals surface area contributed by atoms with Crippen molar-refractivity contribution in [1.29, 1.82) is 0 Å². The highest BCUT2D eigenvalue weighted by Crippen LogP contribution is 2.21. The molecule has 4 rings (SSSR count). The summed E-state index contributed by atoms with van der Waals surface area (Å²) < 4.78 is 10.5. The molecular weight excluding hydrogens is 444 g/mol. The summed E-state index contributed by atoms with van der Waals surface area (Å²) in [5.74, 6) is 7.50. The van der Waals surface area contributed by atoms with E-state index < -0.39 is 4.92 Å². The molecule has 1 aliphatic rings. The number of hydrogen-bond acceptors (Lipinski definition) is 7. The zero-order valence-electron chi connectivity index (χ0n) is 19.7. The van der Waals surface area contributed by atoms with Gasteiger partial charge in [-0.3, -0.25) is 4.90 Å². The van der Waals surface area contributed by atoms with Crippen molar-refractivity contribution in [3.63, 3.8) is 0 Å².